The minimum atomic E-state index is -0.520. The fourth-order valence-corrected chi connectivity index (χ4v) is 3.98. The highest BCUT2D eigenvalue weighted by molar-refractivity contribution is 6.30. The molecular formula is C27H29ClN4O3. The van der Waals surface area contributed by atoms with E-state index in [0.717, 1.165) is 35.2 Å². The Kier molecular flexibility index (Phi) is 7.26. The number of alkyl carbamates (subject to hydrolysis) is 1. The van der Waals surface area contributed by atoms with E-state index in [0.29, 0.717) is 17.3 Å². The lowest BCUT2D eigenvalue weighted by atomic mass is 10.2. The molecule has 3 aromatic rings. The Labute approximate surface area is 210 Å². The second-order valence-electron chi connectivity index (χ2n) is 9.53. The van der Waals surface area contributed by atoms with Gasteiger partial charge >= 0.3 is 6.09 Å². The summed E-state index contributed by atoms with van der Waals surface area (Å²) >= 11 is 5.89. The maximum Gasteiger partial charge on any atom is 0.407 e. The number of hydrogen-bond donors (Lipinski definition) is 2. The first kappa shape index (κ1) is 24.5. The van der Waals surface area contributed by atoms with Crippen LogP contribution in [0.2, 0.25) is 5.02 Å². The minimum absolute atomic E-state index is 0.0147. The van der Waals surface area contributed by atoms with Crippen molar-refractivity contribution in [3.05, 3.63) is 71.3 Å². The summed E-state index contributed by atoms with van der Waals surface area (Å²) in [7, 11) is 0. The maximum atomic E-state index is 12.3. The zero-order valence-electron chi connectivity index (χ0n) is 20.0. The lowest BCUT2D eigenvalue weighted by Gasteiger charge is -2.22. The van der Waals surface area contributed by atoms with Gasteiger partial charge in [0, 0.05) is 35.3 Å². The van der Waals surface area contributed by atoms with Crippen molar-refractivity contribution >= 4 is 52.1 Å². The summed E-state index contributed by atoms with van der Waals surface area (Å²) < 4.78 is 5.36. The smallest absolute Gasteiger partial charge is 0.407 e. The summed E-state index contributed by atoms with van der Waals surface area (Å²) in [6, 6.07) is 16.9. The van der Waals surface area contributed by atoms with Crippen molar-refractivity contribution in [1.29, 1.82) is 0 Å². The quantitative estimate of drug-likeness (QED) is 0.450. The first-order valence-corrected chi connectivity index (χ1v) is 11.9. The number of anilines is 2. The predicted molar refractivity (Wildman–Crippen MR) is 141 cm³/mol. The van der Waals surface area contributed by atoms with E-state index in [1.807, 2.05) is 63.2 Å². The van der Waals surface area contributed by atoms with E-state index in [9.17, 15) is 9.59 Å². The number of ether oxygens (including phenoxy) is 1. The van der Waals surface area contributed by atoms with Crippen LogP contribution in [0.25, 0.3) is 17.0 Å². The monoisotopic (exact) mass is 492 g/mol. The van der Waals surface area contributed by atoms with Crippen LogP contribution in [0, 0.1) is 0 Å². The number of rotatable bonds is 5. The molecule has 7 nitrogen and oxygen atoms in total. The summed E-state index contributed by atoms with van der Waals surface area (Å²) in [4.78, 5) is 31.3. The van der Waals surface area contributed by atoms with Crippen LogP contribution in [0.5, 0.6) is 0 Å². The zero-order chi connectivity index (χ0) is 25.0. The van der Waals surface area contributed by atoms with Crippen molar-refractivity contribution in [3.8, 4) is 0 Å². The maximum absolute atomic E-state index is 12.3. The standard InChI is InChI=1S/C27H29ClN4O3/c1-27(2,3)35-26(34)30-22-14-15-32(17-22)24-12-7-19-16-21(10-11-23(19)31-24)29-25(33)13-6-18-4-8-20(28)9-5-18/h4-13,16,22H,14-15,17H2,1-3H3,(H,29,33)(H,30,34)/b13-6+. The van der Waals surface area contributed by atoms with Crippen LogP contribution in [-0.4, -0.2) is 41.7 Å². The number of nitrogens with one attached hydrogen (secondary N) is 2. The average molecular weight is 493 g/mol. The van der Waals surface area contributed by atoms with E-state index in [1.165, 1.54) is 6.08 Å². The van der Waals surface area contributed by atoms with Gasteiger partial charge in [-0.25, -0.2) is 9.78 Å². The number of fused-ring (bicyclic) bond motifs is 1. The molecule has 2 N–H and O–H groups in total. The Bertz CT molecular complexity index is 1250. The first-order chi connectivity index (χ1) is 16.6. The van der Waals surface area contributed by atoms with Gasteiger partial charge in [-0.05, 0) is 81.3 Å². The van der Waals surface area contributed by atoms with Crippen molar-refractivity contribution in [2.75, 3.05) is 23.3 Å². The summed E-state index contributed by atoms with van der Waals surface area (Å²) in [5.41, 5.74) is 1.90. The molecule has 1 aliphatic heterocycles. The molecule has 4 rings (SSSR count). The van der Waals surface area contributed by atoms with Crippen molar-refractivity contribution in [2.45, 2.75) is 38.8 Å². The van der Waals surface area contributed by atoms with Gasteiger partial charge < -0.3 is 20.3 Å². The van der Waals surface area contributed by atoms with E-state index in [2.05, 4.69) is 15.5 Å². The molecule has 0 spiro atoms. The predicted octanol–water partition coefficient (Wildman–Crippen LogP) is 5.64. The number of carbonyl (C=O) groups excluding carboxylic acids is 2. The van der Waals surface area contributed by atoms with Crippen molar-refractivity contribution in [1.82, 2.24) is 10.3 Å². The molecule has 2 heterocycles. The normalized spacial score (nSPS) is 16.0. The van der Waals surface area contributed by atoms with Gasteiger partial charge in [0.15, 0.2) is 0 Å². The number of nitrogens with zero attached hydrogens (tertiary/aromatic N) is 2. The van der Waals surface area contributed by atoms with Crippen LogP contribution < -0.4 is 15.5 Å². The van der Waals surface area contributed by atoms with Crippen LogP contribution >= 0.6 is 11.6 Å². The number of halogens is 1. The highest BCUT2D eigenvalue weighted by atomic mass is 35.5. The van der Waals surface area contributed by atoms with Crippen LogP contribution in [0.15, 0.2) is 60.7 Å². The van der Waals surface area contributed by atoms with Crippen molar-refractivity contribution < 1.29 is 14.3 Å². The fraction of sp³-hybridized carbons (Fsp3) is 0.296. The molecule has 0 bridgehead atoms. The third-order valence-electron chi connectivity index (χ3n) is 5.47. The zero-order valence-corrected chi connectivity index (χ0v) is 20.8. The Balaban J connectivity index is 1.36. The van der Waals surface area contributed by atoms with Gasteiger partial charge in [0.05, 0.1) is 11.6 Å². The van der Waals surface area contributed by atoms with E-state index >= 15 is 0 Å². The number of amides is 2. The largest absolute Gasteiger partial charge is 0.444 e. The van der Waals surface area contributed by atoms with E-state index in [4.69, 9.17) is 21.3 Å². The lowest BCUT2D eigenvalue weighted by Crippen LogP contribution is -2.40. The molecule has 1 unspecified atom stereocenters. The van der Waals surface area contributed by atoms with Crippen LogP contribution in [0.3, 0.4) is 0 Å². The molecule has 1 aliphatic rings. The van der Waals surface area contributed by atoms with Gasteiger partial charge in [-0.15, -0.1) is 0 Å². The third kappa shape index (κ3) is 6.96. The Morgan fingerprint density at radius 2 is 1.89 bits per heavy atom. The molecule has 0 saturated carbocycles. The Hall–Kier alpha value is -3.58. The Morgan fingerprint density at radius 1 is 1.11 bits per heavy atom. The molecule has 1 aromatic heterocycles. The molecular weight excluding hydrogens is 464 g/mol. The van der Waals surface area contributed by atoms with Crippen LogP contribution in [0.1, 0.15) is 32.8 Å². The number of aromatic nitrogens is 1. The van der Waals surface area contributed by atoms with Crippen molar-refractivity contribution in [2.24, 2.45) is 0 Å². The van der Waals surface area contributed by atoms with Gasteiger partial charge in [0.25, 0.3) is 0 Å². The second kappa shape index (κ2) is 10.4. The van der Waals surface area contributed by atoms with Gasteiger partial charge in [0.2, 0.25) is 5.91 Å². The van der Waals surface area contributed by atoms with E-state index in [-0.39, 0.29) is 11.9 Å². The fourth-order valence-electron chi connectivity index (χ4n) is 3.86. The van der Waals surface area contributed by atoms with E-state index < -0.39 is 11.7 Å². The highest BCUT2D eigenvalue weighted by Gasteiger charge is 2.27. The molecule has 1 fully saturated rings. The summed E-state index contributed by atoms with van der Waals surface area (Å²) in [6.45, 7) is 7.02. The van der Waals surface area contributed by atoms with Gasteiger partial charge in [-0.3, -0.25) is 4.79 Å². The van der Waals surface area contributed by atoms with Gasteiger partial charge in [-0.2, -0.15) is 0 Å². The SMILES string of the molecule is CC(C)(C)OC(=O)NC1CCN(c2ccc3cc(NC(=O)/C=C/c4ccc(Cl)cc4)ccc3n2)C1. The number of benzene rings is 2. The molecule has 0 aliphatic carbocycles. The van der Waals surface area contributed by atoms with E-state index in [1.54, 1.807) is 18.2 Å². The summed E-state index contributed by atoms with van der Waals surface area (Å²) in [5, 5.41) is 7.40. The lowest BCUT2D eigenvalue weighted by molar-refractivity contribution is -0.111. The third-order valence-corrected chi connectivity index (χ3v) is 5.72. The minimum Gasteiger partial charge on any atom is -0.444 e. The number of hydrogen-bond acceptors (Lipinski definition) is 5. The average Bonchev–Trinajstić information content (AvgIpc) is 3.25. The van der Waals surface area contributed by atoms with Gasteiger partial charge in [0.1, 0.15) is 11.4 Å². The molecule has 1 atom stereocenters. The molecule has 182 valence electrons. The number of carbonyl (C=O) groups is 2. The van der Waals surface area contributed by atoms with Gasteiger partial charge in [-0.1, -0.05) is 23.7 Å². The molecule has 2 amide bonds. The topological polar surface area (TPSA) is 83.6 Å². The number of pyridine rings is 1. The molecule has 1 saturated heterocycles. The first-order valence-electron chi connectivity index (χ1n) is 11.5. The van der Waals surface area contributed by atoms with Crippen LogP contribution in [-0.2, 0) is 9.53 Å². The second-order valence-corrected chi connectivity index (χ2v) is 9.97. The highest BCUT2D eigenvalue weighted by Crippen LogP contribution is 2.24. The molecule has 35 heavy (non-hydrogen) atoms. The van der Waals surface area contributed by atoms with Crippen molar-refractivity contribution in [3.63, 3.8) is 0 Å². The Morgan fingerprint density at radius 3 is 2.63 bits per heavy atom. The molecule has 2 aromatic carbocycles. The van der Waals surface area contributed by atoms with Crippen LogP contribution in [0.4, 0.5) is 16.3 Å². The molecule has 8 heteroatoms. The summed E-state index contributed by atoms with van der Waals surface area (Å²) in [5.74, 6) is 0.637. The summed E-state index contributed by atoms with van der Waals surface area (Å²) in [6.07, 6.45) is 3.66. The molecule has 0 radical (unpaired) electrons.